The quantitative estimate of drug-likeness (QED) is 0.607. The number of carboxylic acid groups (broad SMARTS) is 1. The van der Waals surface area contributed by atoms with Crippen LogP contribution < -0.4 is 11.1 Å². The van der Waals surface area contributed by atoms with Crippen molar-refractivity contribution in [3.8, 4) is 0 Å². The summed E-state index contributed by atoms with van der Waals surface area (Å²) in [5.74, 6) is -1.47. The Hall–Kier alpha value is -2.15. The predicted molar refractivity (Wildman–Crippen MR) is 73.6 cm³/mol. The Balaban J connectivity index is 2.89. The molecule has 0 fully saturated rings. The number of nitrogens with zero attached hydrogens (tertiary/aromatic N) is 1. The fraction of sp³-hybridized carbons (Fsp3) is 0.462. The summed E-state index contributed by atoms with van der Waals surface area (Å²) in [5, 5.41) is 11.9. The monoisotopic (exact) mass is 281 g/mol. The molecule has 1 amide bonds. The largest absolute Gasteiger partial charge is 0.480 e. The van der Waals surface area contributed by atoms with E-state index in [9.17, 15) is 14.7 Å². The number of primary amides is 1. The lowest BCUT2D eigenvalue weighted by atomic mass is 10.1. The van der Waals surface area contributed by atoms with Gasteiger partial charge in [0.1, 0.15) is 11.9 Å². The van der Waals surface area contributed by atoms with Crippen molar-refractivity contribution in [2.24, 2.45) is 5.73 Å². The zero-order chi connectivity index (χ0) is 15.1. The number of aliphatic carboxylic acids is 1. The highest BCUT2D eigenvalue weighted by atomic mass is 16.5. The third-order valence-corrected chi connectivity index (χ3v) is 2.75. The van der Waals surface area contributed by atoms with Gasteiger partial charge in [-0.2, -0.15) is 0 Å². The number of hydrogen-bond acceptors (Lipinski definition) is 5. The summed E-state index contributed by atoms with van der Waals surface area (Å²) in [4.78, 5) is 26.7. The van der Waals surface area contributed by atoms with Crippen molar-refractivity contribution in [3.05, 3.63) is 23.4 Å². The summed E-state index contributed by atoms with van der Waals surface area (Å²) in [5.41, 5.74) is 6.09. The first-order valence-electron chi connectivity index (χ1n) is 6.21. The summed E-state index contributed by atoms with van der Waals surface area (Å²) in [6.07, 6.45) is 0.940. The van der Waals surface area contributed by atoms with Gasteiger partial charge < -0.3 is 20.9 Å². The normalized spacial score (nSPS) is 11.9. The molecule has 1 heterocycles. The molecule has 0 aliphatic heterocycles. The van der Waals surface area contributed by atoms with Gasteiger partial charge in [-0.3, -0.25) is 4.79 Å². The second-order valence-corrected chi connectivity index (χ2v) is 4.38. The van der Waals surface area contributed by atoms with Crippen LogP contribution in [0.2, 0.25) is 0 Å². The van der Waals surface area contributed by atoms with Gasteiger partial charge in [0.05, 0.1) is 5.56 Å². The van der Waals surface area contributed by atoms with E-state index in [-0.39, 0.29) is 11.4 Å². The van der Waals surface area contributed by atoms with Gasteiger partial charge in [0.25, 0.3) is 5.91 Å². The number of hydrogen-bond donors (Lipinski definition) is 3. The Morgan fingerprint density at radius 1 is 1.50 bits per heavy atom. The van der Waals surface area contributed by atoms with E-state index >= 15 is 0 Å². The summed E-state index contributed by atoms with van der Waals surface area (Å²) in [6.45, 7) is 2.21. The number of nitrogens with one attached hydrogen (secondary N) is 1. The van der Waals surface area contributed by atoms with E-state index < -0.39 is 17.9 Å². The number of carbonyl (C=O) groups is 2. The molecule has 0 aromatic carbocycles. The van der Waals surface area contributed by atoms with Gasteiger partial charge in [-0.15, -0.1) is 0 Å². The van der Waals surface area contributed by atoms with Crippen LogP contribution in [-0.4, -0.2) is 41.7 Å². The molecule has 0 spiro atoms. The molecule has 7 heteroatoms. The highest BCUT2D eigenvalue weighted by molar-refractivity contribution is 5.98. The Bertz CT molecular complexity index is 491. The summed E-state index contributed by atoms with van der Waals surface area (Å²) < 4.78 is 4.89. The lowest BCUT2D eigenvalue weighted by Gasteiger charge is -2.17. The van der Waals surface area contributed by atoms with Crippen molar-refractivity contribution < 1.29 is 19.4 Å². The Morgan fingerprint density at radius 2 is 2.20 bits per heavy atom. The van der Waals surface area contributed by atoms with Crippen LogP contribution in [0.5, 0.6) is 0 Å². The molecule has 0 saturated heterocycles. The molecule has 1 atom stereocenters. The van der Waals surface area contributed by atoms with Gasteiger partial charge in [-0.05, 0) is 31.9 Å². The molecule has 0 aliphatic carbocycles. The predicted octanol–water partition coefficient (Wildman–Crippen LogP) is 0.781. The lowest BCUT2D eigenvalue weighted by molar-refractivity contribution is -0.138. The average molecular weight is 281 g/mol. The molecule has 0 aliphatic rings. The number of carbonyl (C=O) groups excluding carboxylic acids is 1. The van der Waals surface area contributed by atoms with E-state index in [1.807, 2.05) is 0 Å². The number of aromatic nitrogens is 1. The number of nitrogens with two attached hydrogens (primary N) is 1. The first-order chi connectivity index (χ1) is 9.45. The van der Waals surface area contributed by atoms with Gasteiger partial charge >= 0.3 is 5.97 Å². The third kappa shape index (κ3) is 4.51. The van der Waals surface area contributed by atoms with Gasteiger partial charge in [-0.1, -0.05) is 0 Å². The molecule has 110 valence electrons. The number of pyridine rings is 1. The molecule has 0 radical (unpaired) electrons. The molecule has 0 bridgehead atoms. The van der Waals surface area contributed by atoms with E-state index in [4.69, 9.17) is 10.5 Å². The molecule has 1 rings (SSSR count). The molecule has 0 saturated carbocycles. The maximum atomic E-state index is 11.3. The molecule has 1 aromatic rings. The van der Waals surface area contributed by atoms with E-state index in [0.29, 0.717) is 25.1 Å². The SMILES string of the molecule is COCCCC(Nc1nc(C)ccc1C(N)=O)C(=O)O. The van der Waals surface area contributed by atoms with E-state index in [1.165, 1.54) is 6.07 Å². The number of ether oxygens (including phenoxy) is 1. The third-order valence-electron chi connectivity index (χ3n) is 2.75. The first-order valence-corrected chi connectivity index (χ1v) is 6.21. The van der Waals surface area contributed by atoms with Crippen LogP contribution in [0.4, 0.5) is 5.82 Å². The van der Waals surface area contributed by atoms with Crippen LogP contribution >= 0.6 is 0 Å². The van der Waals surface area contributed by atoms with Gasteiger partial charge in [-0.25, -0.2) is 9.78 Å². The molecular weight excluding hydrogens is 262 g/mol. The molecular formula is C13H19N3O4. The summed E-state index contributed by atoms with van der Waals surface area (Å²) in [6, 6.07) is 2.32. The topological polar surface area (TPSA) is 115 Å². The van der Waals surface area contributed by atoms with E-state index in [0.717, 1.165) is 0 Å². The minimum Gasteiger partial charge on any atom is -0.480 e. The molecule has 7 nitrogen and oxygen atoms in total. The number of aryl methyl sites for hydroxylation is 1. The number of carboxylic acids is 1. The standard InChI is InChI=1S/C13H19N3O4/c1-8-5-6-9(11(14)17)12(15-8)16-10(13(18)19)4-3-7-20-2/h5-6,10H,3-4,7H2,1-2H3,(H2,14,17)(H,15,16)(H,18,19). The fourth-order valence-electron chi connectivity index (χ4n) is 1.72. The van der Waals surface area contributed by atoms with Crippen LogP contribution in [0.15, 0.2) is 12.1 Å². The van der Waals surface area contributed by atoms with Crippen LogP contribution in [-0.2, 0) is 9.53 Å². The van der Waals surface area contributed by atoms with Gasteiger partial charge in [0.15, 0.2) is 0 Å². The molecule has 4 N–H and O–H groups in total. The Kier molecular flexibility index (Phi) is 5.92. The minimum atomic E-state index is -1.01. The van der Waals surface area contributed by atoms with Gasteiger partial charge in [0.2, 0.25) is 0 Å². The molecule has 20 heavy (non-hydrogen) atoms. The smallest absolute Gasteiger partial charge is 0.326 e. The van der Waals surface area contributed by atoms with Crippen molar-refractivity contribution in [1.82, 2.24) is 4.98 Å². The Labute approximate surface area is 117 Å². The average Bonchev–Trinajstić information content (AvgIpc) is 2.37. The zero-order valence-corrected chi connectivity index (χ0v) is 11.5. The second kappa shape index (κ2) is 7.44. The van der Waals surface area contributed by atoms with E-state index in [2.05, 4.69) is 10.3 Å². The molecule has 1 aromatic heterocycles. The second-order valence-electron chi connectivity index (χ2n) is 4.38. The van der Waals surface area contributed by atoms with Crippen molar-refractivity contribution in [1.29, 1.82) is 0 Å². The van der Waals surface area contributed by atoms with E-state index in [1.54, 1.807) is 20.1 Å². The highest BCUT2D eigenvalue weighted by Crippen LogP contribution is 2.15. The van der Waals surface area contributed by atoms with Crippen molar-refractivity contribution in [2.75, 3.05) is 19.0 Å². The zero-order valence-electron chi connectivity index (χ0n) is 11.5. The highest BCUT2D eigenvalue weighted by Gasteiger charge is 2.20. The van der Waals surface area contributed by atoms with Crippen LogP contribution in [0.1, 0.15) is 28.9 Å². The number of methoxy groups -OCH3 is 1. The number of anilines is 1. The maximum absolute atomic E-state index is 11.3. The fourth-order valence-corrected chi connectivity index (χ4v) is 1.72. The summed E-state index contributed by atoms with van der Waals surface area (Å²) in [7, 11) is 1.55. The van der Waals surface area contributed by atoms with Crippen molar-refractivity contribution >= 4 is 17.7 Å². The minimum absolute atomic E-state index is 0.175. The molecule has 1 unspecified atom stereocenters. The number of amides is 1. The Morgan fingerprint density at radius 3 is 2.75 bits per heavy atom. The van der Waals surface area contributed by atoms with Crippen LogP contribution in [0.3, 0.4) is 0 Å². The number of rotatable bonds is 8. The maximum Gasteiger partial charge on any atom is 0.326 e. The lowest BCUT2D eigenvalue weighted by Crippen LogP contribution is -2.31. The van der Waals surface area contributed by atoms with Crippen LogP contribution in [0, 0.1) is 6.92 Å². The van der Waals surface area contributed by atoms with Crippen molar-refractivity contribution in [3.63, 3.8) is 0 Å². The van der Waals surface area contributed by atoms with Crippen LogP contribution in [0.25, 0.3) is 0 Å². The summed E-state index contributed by atoms with van der Waals surface area (Å²) >= 11 is 0. The van der Waals surface area contributed by atoms with Gasteiger partial charge in [0, 0.05) is 19.4 Å². The van der Waals surface area contributed by atoms with Crippen molar-refractivity contribution in [2.45, 2.75) is 25.8 Å². The first kappa shape index (κ1) is 15.9.